The summed E-state index contributed by atoms with van der Waals surface area (Å²) in [5, 5.41) is 0. The Balaban J connectivity index is 4.17. The molecule has 6 nitrogen and oxygen atoms in total. The van der Waals surface area contributed by atoms with Crippen molar-refractivity contribution in [2.24, 2.45) is 0 Å². The maximum Gasteiger partial charge on any atom is 0.397 e. The van der Waals surface area contributed by atoms with Gasteiger partial charge >= 0.3 is 10.4 Å². The Morgan fingerprint density at radius 2 is 1.94 bits per heavy atom. The van der Waals surface area contributed by atoms with E-state index < -0.39 is 32.6 Å². The predicted octanol–water partition coefficient (Wildman–Crippen LogP) is 0.433. The molecule has 0 aromatic heterocycles. The third-order valence-corrected chi connectivity index (χ3v) is 4.12. The van der Waals surface area contributed by atoms with Gasteiger partial charge in [0, 0.05) is 0 Å². The number of hydrogen-bond donors (Lipinski definition) is 1. The third kappa shape index (κ3) is 9.40. The largest absolute Gasteiger partial charge is 0.397 e. The van der Waals surface area contributed by atoms with Gasteiger partial charge in [-0.05, 0) is 6.42 Å². The minimum atomic E-state index is -4.58. The molecule has 0 amide bonds. The molecule has 0 saturated carbocycles. The van der Waals surface area contributed by atoms with Gasteiger partial charge in [-0.1, -0.05) is 31.0 Å². The fourth-order valence-corrected chi connectivity index (χ4v) is 2.51. The molecule has 9 heteroatoms. The highest BCUT2D eigenvalue weighted by molar-refractivity contribution is 7.91. The zero-order chi connectivity index (χ0) is 14.2. The highest BCUT2D eigenvalue weighted by Crippen LogP contribution is 2.01. The van der Waals surface area contributed by atoms with E-state index in [9.17, 15) is 16.8 Å². The smallest absolute Gasteiger partial charge is 0.264 e. The summed E-state index contributed by atoms with van der Waals surface area (Å²) >= 11 is 0. The maximum atomic E-state index is 11.5. The Morgan fingerprint density at radius 3 is 2.39 bits per heavy atom. The summed E-state index contributed by atoms with van der Waals surface area (Å²) in [6.07, 6.45) is 3.63. The Morgan fingerprint density at radius 1 is 1.33 bits per heavy atom. The van der Waals surface area contributed by atoms with Crippen molar-refractivity contribution < 1.29 is 25.6 Å². The van der Waals surface area contributed by atoms with Crippen molar-refractivity contribution in [2.75, 3.05) is 18.1 Å². The van der Waals surface area contributed by atoms with Crippen LogP contribution in [0.5, 0.6) is 0 Å². The minimum absolute atomic E-state index is 0.118. The van der Waals surface area contributed by atoms with Crippen LogP contribution in [-0.2, 0) is 24.4 Å². The first-order valence-corrected chi connectivity index (χ1v) is 8.33. The standard InChI is InChI=1S/C9H16BO6S2/c1-3-9(10-2)5-4-7-17(11,12)8-6-16-18(13,14)15/h3,5H,1,4,6-8H2,2H3,(H,13,14,15)/b9-5+. The third-order valence-electron chi connectivity index (χ3n) is 2.00. The molecule has 0 atom stereocenters. The van der Waals surface area contributed by atoms with Crippen LogP contribution < -0.4 is 0 Å². The molecule has 0 saturated heterocycles. The first-order valence-electron chi connectivity index (χ1n) is 5.14. The summed E-state index contributed by atoms with van der Waals surface area (Å²) < 4.78 is 55.5. The Labute approximate surface area is 109 Å². The second kappa shape index (κ2) is 7.72. The van der Waals surface area contributed by atoms with Gasteiger partial charge in [-0.3, -0.25) is 4.55 Å². The van der Waals surface area contributed by atoms with E-state index in [0.717, 1.165) is 5.47 Å². The zero-order valence-electron chi connectivity index (χ0n) is 10.1. The van der Waals surface area contributed by atoms with Gasteiger partial charge in [0.05, 0.1) is 18.1 Å². The molecule has 0 aliphatic carbocycles. The van der Waals surface area contributed by atoms with E-state index in [1.807, 2.05) is 6.82 Å². The summed E-state index contributed by atoms with van der Waals surface area (Å²) in [4.78, 5) is 0. The Kier molecular flexibility index (Phi) is 7.45. The van der Waals surface area contributed by atoms with Crippen LogP contribution in [0.2, 0.25) is 6.82 Å². The minimum Gasteiger partial charge on any atom is -0.264 e. The fourth-order valence-electron chi connectivity index (χ4n) is 1.09. The monoisotopic (exact) mass is 295 g/mol. The molecular formula is C9H16BO6S2. The van der Waals surface area contributed by atoms with Gasteiger partial charge in [-0.2, -0.15) is 8.42 Å². The lowest BCUT2D eigenvalue weighted by Crippen LogP contribution is -2.17. The van der Waals surface area contributed by atoms with E-state index in [2.05, 4.69) is 10.8 Å². The van der Waals surface area contributed by atoms with Gasteiger partial charge in [-0.15, -0.1) is 0 Å². The normalized spacial score (nSPS) is 13.3. The molecule has 0 aromatic carbocycles. The fraction of sp³-hybridized carbons (Fsp3) is 0.556. The lowest BCUT2D eigenvalue weighted by molar-refractivity contribution is 0.284. The van der Waals surface area contributed by atoms with Crippen LogP contribution >= 0.6 is 0 Å². The number of sulfone groups is 1. The van der Waals surface area contributed by atoms with Crippen LogP contribution in [0.3, 0.4) is 0 Å². The van der Waals surface area contributed by atoms with Gasteiger partial charge in [-0.25, -0.2) is 12.6 Å². The topological polar surface area (TPSA) is 97.7 Å². The number of hydrogen-bond acceptors (Lipinski definition) is 5. The molecular weight excluding hydrogens is 279 g/mol. The van der Waals surface area contributed by atoms with Crippen LogP contribution in [0.15, 0.2) is 24.2 Å². The van der Waals surface area contributed by atoms with E-state index >= 15 is 0 Å². The number of rotatable bonds is 9. The van der Waals surface area contributed by atoms with E-state index in [1.165, 1.54) is 0 Å². The van der Waals surface area contributed by atoms with Gasteiger partial charge in [0.2, 0.25) is 0 Å². The first-order chi connectivity index (χ1) is 8.20. The summed E-state index contributed by atoms with van der Waals surface area (Å²) in [5.74, 6) is -0.576. The molecule has 0 aliphatic rings. The molecule has 18 heavy (non-hydrogen) atoms. The SMILES string of the molecule is C=C/C([B]C)=C\CCS(=O)(=O)CCOS(=O)(=O)O. The lowest BCUT2D eigenvalue weighted by Gasteiger charge is -2.02. The molecule has 0 aromatic rings. The van der Waals surface area contributed by atoms with Gasteiger partial charge in [0.1, 0.15) is 7.28 Å². The van der Waals surface area contributed by atoms with E-state index in [0.29, 0.717) is 6.42 Å². The van der Waals surface area contributed by atoms with Crippen LogP contribution in [-0.4, -0.2) is 46.8 Å². The highest BCUT2D eigenvalue weighted by atomic mass is 32.3. The summed E-state index contributed by atoms with van der Waals surface area (Å²) in [5.41, 5.74) is 0.833. The molecule has 1 N–H and O–H groups in total. The van der Waals surface area contributed by atoms with Crippen LogP contribution in [0, 0.1) is 0 Å². The molecule has 0 fully saturated rings. The second-order valence-corrected chi connectivity index (χ2v) is 6.78. The number of allylic oxidation sites excluding steroid dienone is 3. The Bertz CT molecular complexity index is 491. The van der Waals surface area contributed by atoms with Crippen LogP contribution in [0.1, 0.15) is 6.42 Å². The molecule has 103 valence electrons. The second-order valence-electron chi connectivity index (χ2n) is 3.39. The van der Waals surface area contributed by atoms with Crippen molar-refractivity contribution in [2.45, 2.75) is 13.2 Å². The maximum absolute atomic E-state index is 11.5. The molecule has 1 radical (unpaired) electrons. The molecule has 0 rings (SSSR count). The zero-order valence-corrected chi connectivity index (χ0v) is 11.7. The molecule has 0 aliphatic heterocycles. The summed E-state index contributed by atoms with van der Waals surface area (Å²) in [6.45, 7) is 4.78. The van der Waals surface area contributed by atoms with E-state index in [4.69, 9.17) is 4.55 Å². The quantitative estimate of drug-likeness (QED) is 0.376. The summed E-state index contributed by atoms with van der Waals surface area (Å²) in [6, 6.07) is 0. The molecule has 0 heterocycles. The van der Waals surface area contributed by atoms with Crippen LogP contribution in [0.4, 0.5) is 0 Å². The van der Waals surface area contributed by atoms with Crippen molar-refractivity contribution in [3.05, 3.63) is 24.2 Å². The van der Waals surface area contributed by atoms with Crippen molar-refractivity contribution in [3.8, 4) is 0 Å². The van der Waals surface area contributed by atoms with Gasteiger partial charge < -0.3 is 0 Å². The van der Waals surface area contributed by atoms with Gasteiger partial charge in [0.25, 0.3) is 0 Å². The van der Waals surface area contributed by atoms with E-state index in [-0.39, 0.29) is 5.75 Å². The molecule has 0 unspecified atom stereocenters. The molecule has 0 spiro atoms. The van der Waals surface area contributed by atoms with Crippen molar-refractivity contribution >= 4 is 27.5 Å². The van der Waals surface area contributed by atoms with E-state index in [1.54, 1.807) is 19.4 Å². The average Bonchev–Trinajstić information content (AvgIpc) is 2.22. The predicted molar refractivity (Wildman–Crippen MR) is 70.7 cm³/mol. The van der Waals surface area contributed by atoms with Crippen molar-refractivity contribution in [3.63, 3.8) is 0 Å². The lowest BCUT2D eigenvalue weighted by atomic mass is 9.72. The van der Waals surface area contributed by atoms with Crippen molar-refractivity contribution in [1.82, 2.24) is 0 Å². The van der Waals surface area contributed by atoms with Crippen molar-refractivity contribution in [1.29, 1.82) is 0 Å². The average molecular weight is 295 g/mol. The first kappa shape index (κ1) is 17.4. The molecule has 0 bridgehead atoms. The van der Waals surface area contributed by atoms with Gasteiger partial charge in [0.15, 0.2) is 9.84 Å². The highest BCUT2D eigenvalue weighted by Gasteiger charge is 2.12. The summed E-state index contributed by atoms with van der Waals surface area (Å²) in [7, 11) is -6.20. The van der Waals surface area contributed by atoms with Crippen LogP contribution in [0.25, 0.3) is 0 Å². The Hall–Kier alpha value is -0.635.